The standard InChI is InChI=1S/C15H21N3O/c1-2-16-14-8-5-12(9-17-14)15(19)18(13-6-7-13)10-11-3-4-11/h5,8-9,11,13H,2-4,6-7,10H2,1H3,(H,16,17). The highest BCUT2D eigenvalue weighted by Crippen LogP contribution is 2.35. The molecule has 2 aliphatic carbocycles. The lowest BCUT2D eigenvalue weighted by molar-refractivity contribution is 0.0734. The molecule has 1 amide bonds. The van der Waals surface area contributed by atoms with Crippen molar-refractivity contribution < 1.29 is 4.79 Å². The van der Waals surface area contributed by atoms with Gasteiger partial charge in [0, 0.05) is 25.3 Å². The zero-order chi connectivity index (χ0) is 13.2. The Labute approximate surface area is 114 Å². The van der Waals surface area contributed by atoms with Crippen LogP contribution in [0.1, 0.15) is 43.0 Å². The SMILES string of the molecule is CCNc1ccc(C(=O)N(CC2CC2)C2CC2)cn1. The summed E-state index contributed by atoms with van der Waals surface area (Å²) in [7, 11) is 0. The van der Waals surface area contributed by atoms with E-state index in [1.165, 1.54) is 25.7 Å². The van der Waals surface area contributed by atoms with Gasteiger partial charge in [0.15, 0.2) is 0 Å². The van der Waals surface area contributed by atoms with Crippen LogP contribution in [0.5, 0.6) is 0 Å². The van der Waals surface area contributed by atoms with E-state index >= 15 is 0 Å². The van der Waals surface area contributed by atoms with Crippen molar-refractivity contribution in [3.63, 3.8) is 0 Å². The maximum Gasteiger partial charge on any atom is 0.255 e. The number of hydrogen-bond donors (Lipinski definition) is 1. The van der Waals surface area contributed by atoms with Crippen LogP contribution in [0.3, 0.4) is 0 Å². The van der Waals surface area contributed by atoms with Crippen LogP contribution in [0, 0.1) is 5.92 Å². The molecule has 0 bridgehead atoms. The molecule has 0 saturated heterocycles. The fourth-order valence-electron chi connectivity index (χ4n) is 2.33. The van der Waals surface area contributed by atoms with E-state index in [-0.39, 0.29) is 5.91 Å². The number of rotatable bonds is 6. The average Bonchev–Trinajstić information content (AvgIpc) is 3.28. The van der Waals surface area contributed by atoms with Crippen molar-refractivity contribution in [1.29, 1.82) is 0 Å². The predicted molar refractivity (Wildman–Crippen MR) is 75.2 cm³/mol. The molecule has 102 valence electrons. The van der Waals surface area contributed by atoms with E-state index in [9.17, 15) is 4.79 Å². The first-order chi connectivity index (χ1) is 9.28. The van der Waals surface area contributed by atoms with Gasteiger partial charge in [-0.05, 0) is 50.7 Å². The zero-order valence-electron chi connectivity index (χ0n) is 11.4. The Morgan fingerprint density at radius 1 is 1.37 bits per heavy atom. The molecule has 1 aromatic rings. The van der Waals surface area contributed by atoms with Crippen molar-refractivity contribution >= 4 is 11.7 Å². The quantitative estimate of drug-likeness (QED) is 0.854. The molecule has 0 spiro atoms. The number of amides is 1. The molecule has 1 aromatic heterocycles. The smallest absolute Gasteiger partial charge is 0.255 e. The van der Waals surface area contributed by atoms with Gasteiger partial charge in [0.05, 0.1) is 5.56 Å². The first-order valence-electron chi connectivity index (χ1n) is 7.29. The lowest BCUT2D eigenvalue weighted by Crippen LogP contribution is -2.35. The molecule has 0 aromatic carbocycles. The second kappa shape index (κ2) is 5.19. The molecule has 2 aliphatic rings. The van der Waals surface area contributed by atoms with Gasteiger partial charge >= 0.3 is 0 Å². The predicted octanol–water partition coefficient (Wildman–Crippen LogP) is 2.53. The van der Waals surface area contributed by atoms with Crippen molar-refractivity contribution in [2.24, 2.45) is 5.92 Å². The van der Waals surface area contributed by atoms with Crippen LogP contribution in [-0.4, -0.2) is 34.9 Å². The van der Waals surface area contributed by atoms with Gasteiger partial charge in [-0.3, -0.25) is 4.79 Å². The molecule has 0 unspecified atom stereocenters. The summed E-state index contributed by atoms with van der Waals surface area (Å²) in [6.45, 7) is 3.82. The van der Waals surface area contributed by atoms with Crippen molar-refractivity contribution in [2.45, 2.75) is 38.6 Å². The summed E-state index contributed by atoms with van der Waals surface area (Å²) in [4.78, 5) is 18.9. The third-order valence-electron chi connectivity index (χ3n) is 3.77. The van der Waals surface area contributed by atoms with Crippen LogP contribution in [0.2, 0.25) is 0 Å². The lowest BCUT2D eigenvalue weighted by atomic mass is 10.2. The molecular formula is C15H21N3O. The normalized spacial score (nSPS) is 18.2. The molecule has 0 aliphatic heterocycles. The molecule has 0 radical (unpaired) electrons. The Kier molecular flexibility index (Phi) is 3.40. The van der Waals surface area contributed by atoms with Crippen LogP contribution in [0.25, 0.3) is 0 Å². The van der Waals surface area contributed by atoms with E-state index in [4.69, 9.17) is 0 Å². The number of carbonyl (C=O) groups is 1. The molecule has 19 heavy (non-hydrogen) atoms. The fourth-order valence-corrected chi connectivity index (χ4v) is 2.33. The van der Waals surface area contributed by atoms with Crippen LogP contribution < -0.4 is 5.32 Å². The summed E-state index contributed by atoms with van der Waals surface area (Å²) in [5.41, 5.74) is 0.717. The number of pyridine rings is 1. The number of anilines is 1. The highest BCUT2D eigenvalue weighted by atomic mass is 16.2. The Bertz CT molecular complexity index is 449. The minimum atomic E-state index is 0.157. The molecule has 3 rings (SSSR count). The molecule has 4 heteroatoms. The highest BCUT2D eigenvalue weighted by molar-refractivity contribution is 5.94. The van der Waals surface area contributed by atoms with E-state index in [1.54, 1.807) is 6.20 Å². The van der Waals surface area contributed by atoms with E-state index in [0.29, 0.717) is 11.6 Å². The van der Waals surface area contributed by atoms with Gasteiger partial charge in [-0.1, -0.05) is 0 Å². The zero-order valence-corrected chi connectivity index (χ0v) is 11.4. The largest absolute Gasteiger partial charge is 0.370 e. The third-order valence-corrected chi connectivity index (χ3v) is 3.77. The maximum atomic E-state index is 12.5. The fraction of sp³-hybridized carbons (Fsp3) is 0.600. The molecular weight excluding hydrogens is 238 g/mol. The second-order valence-corrected chi connectivity index (χ2v) is 5.59. The lowest BCUT2D eigenvalue weighted by Gasteiger charge is -2.22. The van der Waals surface area contributed by atoms with Gasteiger partial charge in [-0.25, -0.2) is 4.98 Å². The topological polar surface area (TPSA) is 45.2 Å². The molecule has 2 fully saturated rings. The first-order valence-corrected chi connectivity index (χ1v) is 7.29. The van der Waals surface area contributed by atoms with Crippen LogP contribution in [0.4, 0.5) is 5.82 Å². The van der Waals surface area contributed by atoms with Crippen molar-refractivity contribution in [1.82, 2.24) is 9.88 Å². The third kappa shape index (κ3) is 3.06. The van der Waals surface area contributed by atoms with Gasteiger partial charge in [-0.15, -0.1) is 0 Å². The maximum absolute atomic E-state index is 12.5. The minimum Gasteiger partial charge on any atom is -0.370 e. The number of nitrogens with zero attached hydrogens (tertiary/aromatic N) is 2. The number of nitrogens with one attached hydrogen (secondary N) is 1. The van der Waals surface area contributed by atoms with Gasteiger partial charge in [-0.2, -0.15) is 0 Å². The number of carbonyl (C=O) groups excluding carboxylic acids is 1. The Balaban J connectivity index is 1.69. The summed E-state index contributed by atoms with van der Waals surface area (Å²) < 4.78 is 0. The summed E-state index contributed by atoms with van der Waals surface area (Å²) >= 11 is 0. The first kappa shape index (κ1) is 12.5. The summed E-state index contributed by atoms with van der Waals surface area (Å²) in [6.07, 6.45) is 6.60. The number of hydrogen-bond acceptors (Lipinski definition) is 3. The molecule has 2 saturated carbocycles. The Morgan fingerprint density at radius 2 is 2.16 bits per heavy atom. The van der Waals surface area contributed by atoms with Crippen LogP contribution >= 0.6 is 0 Å². The molecule has 1 N–H and O–H groups in total. The molecule has 0 atom stereocenters. The van der Waals surface area contributed by atoms with Gasteiger partial charge < -0.3 is 10.2 Å². The summed E-state index contributed by atoms with van der Waals surface area (Å²) in [5, 5.41) is 3.14. The van der Waals surface area contributed by atoms with Crippen LogP contribution in [-0.2, 0) is 0 Å². The molecule has 4 nitrogen and oxygen atoms in total. The van der Waals surface area contributed by atoms with Crippen molar-refractivity contribution in [3.8, 4) is 0 Å². The highest BCUT2D eigenvalue weighted by Gasteiger charge is 2.36. The second-order valence-electron chi connectivity index (χ2n) is 5.59. The average molecular weight is 259 g/mol. The van der Waals surface area contributed by atoms with E-state index in [2.05, 4.69) is 15.2 Å². The van der Waals surface area contributed by atoms with Gasteiger partial charge in [0.25, 0.3) is 5.91 Å². The van der Waals surface area contributed by atoms with Crippen molar-refractivity contribution in [3.05, 3.63) is 23.9 Å². The summed E-state index contributed by atoms with van der Waals surface area (Å²) in [6, 6.07) is 4.26. The minimum absolute atomic E-state index is 0.157. The summed E-state index contributed by atoms with van der Waals surface area (Å²) in [5.74, 6) is 1.74. The van der Waals surface area contributed by atoms with Gasteiger partial charge in [0.1, 0.15) is 5.82 Å². The van der Waals surface area contributed by atoms with Crippen LogP contribution in [0.15, 0.2) is 18.3 Å². The number of aromatic nitrogens is 1. The van der Waals surface area contributed by atoms with E-state index < -0.39 is 0 Å². The Morgan fingerprint density at radius 3 is 2.68 bits per heavy atom. The van der Waals surface area contributed by atoms with Crippen molar-refractivity contribution in [2.75, 3.05) is 18.4 Å². The van der Waals surface area contributed by atoms with E-state index in [0.717, 1.165) is 24.8 Å². The van der Waals surface area contributed by atoms with Gasteiger partial charge in [0.2, 0.25) is 0 Å². The Hall–Kier alpha value is -1.58. The monoisotopic (exact) mass is 259 g/mol. The molecule has 1 heterocycles. The van der Waals surface area contributed by atoms with E-state index in [1.807, 2.05) is 19.1 Å².